The zero-order valence-electron chi connectivity index (χ0n) is 16.7. The smallest absolute Gasteiger partial charge is 0.240 e. The first kappa shape index (κ1) is 23.1. The summed E-state index contributed by atoms with van der Waals surface area (Å²) in [6, 6.07) is 8.91. The molecular formula is C19H20ClN5O4S2. The first-order valence-electron chi connectivity index (χ1n) is 9.13. The molecule has 0 amide bonds. The molecular weight excluding hydrogens is 462 g/mol. The standard InChI is InChI=1S/C19H20ClN5O4S2/c1-3-30(26,27)18-7-6-16(31(28,29)21-2)10-17(18)25-19-9-15(23-12-24-19)8-14-5-4-13(20)11-22-14/h4-7,9-12,21H,3,8H2,1-2H3,(H,23,24,25). The first-order valence-corrected chi connectivity index (χ1v) is 12.6. The summed E-state index contributed by atoms with van der Waals surface area (Å²) >= 11 is 5.85. The molecule has 2 N–H and O–H groups in total. The van der Waals surface area contributed by atoms with E-state index in [0.29, 0.717) is 23.0 Å². The number of benzene rings is 1. The van der Waals surface area contributed by atoms with Crippen LogP contribution in [0.1, 0.15) is 18.3 Å². The van der Waals surface area contributed by atoms with Crippen molar-refractivity contribution in [3.63, 3.8) is 0 Å². The molecule has 0 radical (unpaired) electrons. The fraction of sp³-hybridized carbons (Fsp3) is 0.211. The molecule has 12 heteroatoms. The van der Waals surface area contributed by atoms with Crippen molar-refractivity contribution in [1.29, 1.82) is 0 Å². The predicted molar refractivity (Wildman–Crippen MR) is 118 cm³/mol. The molecule has 0 saturated heterocycles. The van der Waals surface area contributed by atoms with Crippen LogP contribution in [-0.2, 0) is 26.3 Å². The van der Waals surface area contributed by atoms with Gasteiger partial charge in [-0.3, -0.25) is 4.98 Å². The summed E-state index contributed by atoms with van der Waals surface area (Å²) in [5.74, 6) is 0.169. The summed E-state index contributed by atoms with van der Waals surface area (Å²) in [6.45, 7) is 1.51. The molecule has 0 unspecified atom stereocenters. The number of sulfone groups is 1. The summed E-state index contributed by atoms with van der Waals surface area (Å²) in [5, 5.41) is 3.44. The monoisotopic (exact) mass is 481 g/mol. The summed E-state index contributed by atoms with van der Waals surface area (Å²) in [6.07, 6.45) is 3.27. The normalized spacial score (nSPS) is 12.0. The van der Waals surface area contributed by atoms with E-state index in [-0.39, 0.29) is 21.2 Å². The molecule has 0 atom stereocenters. The second kappa shape index (κ2) is 9.27. The number of hydrogen-bond donors (Lipinski definition) is 2. The van der Waals surface area contributed by atoms with E-state index in [1.807, 2.05) is 0 Å². The van der Waals surface area contributed by atoms with Gasteiger partial charge in [0.2, 0.25) is 10.0 Å². The SMILES string of the molecule is CCS(=O)(=O)c1ccc(S(=O)(=O)NC)cc1Nc1cc(Cc2ccc(Cl)cn2)ncn1. The lowest BCUT2D eigenvalue weighted by Gasteiger charge is -2.14. The number of aromatic nitrogens is 3. The Morgan fingerprint density at radius 1 is 0.968 bits per heavy atom. The molecule has 0 bridgehead atoms. The topological polar surface area (TPSA) is 131 Å². The summed E-state index contributed by atoms with van der Waals surface area (Å²) in [5.41, 5.74) is 1.48. The average Bonchev–Trinajstić information content (AvgIpc) is 2.75. The van der Waals surface area contributed by atoms with E-state index in [9.17, 15) is 16.8 Å². The molecule has 0 spiro atoms. The Hall–Kier alpha value is -2.60. The van der Waals surface area contributed by atoms with E-state index in [4.69, 9.17) is 11.6 Å². The van der Waals surface area contributed by atoms with Crippen molar-refractivity contribution in [3.8, 4) is 0 Å². The molecule has 0 aliphatic rings. The van der Waals surface area contributed by atoms with Crippen molar-refractivity contribution in [2.45, 2.75) is 23.1 Å². The third kappa shape index (κ3) is 5.56. The fourth-order valence-corrected chi connectivity index (χ4v) is 4.61. The van der Waals surface area contributed by atoms with Crippen molar-refractivity contribution in [2.24, 2.45) is 0 Å². The van der Waals surface area contributed by atoms with E-state index in [1.165, 1.54) is 44.7 Å². The molecule has 1 aromatic carbocycles. The largest absolute Gasteiger partial charge is 0.339 e. The number of nitrogens with one attached hydrogen (secondary N) is 2. The van der Waals surface area contributed by atoms with Crippen molar-refractivity contribution in [1.82, 2.24) is 19.7 Å². The third-order valence-corrected chi connectivity index (χ3v) is 7.80. The number of anilines is 2. The second-order valence-corrected chi connectivity index (χ2v) is 11.0. The van der Waals surface area contributed by atoms with Crippen LogP contribution in [0.5, 0.6) is 0 Å². The molecule has 3 aromatic rings. The van der Waals surface area contributed by atoms with Gasteiger partial charge in [0.25, 0.3) is 0 Å². The minimum atomic E-state index is -3.77. The highest BCUT2D eigenvalue weighted by Gasteiger charge is 2.21. The maximum atomic E-state index is 12.5. The number of hydrogen-bond acceptors (Lipinski definition) is 8. The van der Waals surface area contributed by atoms with Crippen LogP contribution < -0.4 is 10.0 Å². The van der Waals surface area contributed by atoms with Crippen molar-refractivity contribution < 1.29 is 16.8 Å². The van der Waals surface area contributed by atoms with Gasteiger partial charge in [-0.25, -0.2) is 31.5 Å². The van der Waals surface area contributed by atoms with Crippen LogP contribution in [0.25, 0.3) is 0 Å². The lowest BCUT2D eigenvalue weighted by Crippen LogP contribution is -2.19. The number of sulfonamides is 1. The minimum absolute atomic E-state index is 0.0235. The Balaban J connectivity index is 1.98. The molecule has 0 aliphatic heterocycles. The molecule has 2 aromatic heterocycles. The van der Waals surface area contributed by atoms with Crippen molar-refractivity contribution in [2.75, 3.05) is 18.1 Å². The van der Waals surface area contributed by atoms with Gasteiger partial charge >= 0.3 is 0 Å². The second-order valence-electron chi connectivity index (χ2n) is 6.43. The summed E-state index contributed by atoms with van der Waals surface area (Å²) in [4.78, 5) is 12.5. The van der Waals surface area contributed by atoms with E-state index >= 15 is 0 Å². The maximum Gasteiger partial charge on any atom is 0.240 e. The lowest BCUT2D eigenvalue weighted by molar-refractivity contribution is 0.587. The van der Waals surface area contributed by atoms with Crippen LogP contribution in [0.3, 0.4) is 0 Å². The highest BCUT2D eigenvalue weighted by atomic mass is 35.5. The molecule has 31 heavy (non-hydrogen) atoms. The number of pyridine rings is 1. The maximum absolute atomic E-state index is 12.5. The highest BCUT2D eigenvalue weighted by Crippen LogP contribution is 2.28. The number of rotatable bonds is 8. The Labute approximate surface area is 185 Å². The van der Waals surface area contributed by atoms with Crippen LogP contribution in [0.15, 0.2) is 58.7 Å². The highest BCUT2D eigenvalue weighted by molar-refractivity contribution is 7.91. The van der Waals surface area contributed by atoms with Crippen LogP contribution >= 0.6 is 11.6 Å². The zero-order chi connectivity index (χ0) is 22.6. The van der Waals surface area contributed by atoms with Crippen molar-refractivity contribution >= 4 is 43.0 Å². The van der Waals surface area contributed by atoms with Crippen LogP contribution in [0.2, 0.25) is 5.02 Å². The van der Waals surface area contributed by atoms with Gasteiger partial charge in [-0.2, -0.15) is 0 Å². The molecule has 164 valence electrons. The van der Waals surface area contributed by atoms with Crippen LogP contribution in [0, 0.1) is 0 Å². The van der Waals surface area contributed by atoms with E-state index in [0.717, 1.165) is 5.69 Å². The zero-order valence-corrected chi connectivity index (χ0v) is 19.1. The van der Waals surface area contributed by atoms with E-state index in [1.54, 1.807) is 18.2 Å². The van der Waals surface area contributed by atoms with Gasteiger partial charge in [0.15, 0.2) is 9.84 Å². The van der Waals surface area contributed by atoms with E-state index < -0.39 is 19.9 Å². The lowest BCUT2D eigenvalue weighted by atomic mass is 10.2. The Morgan fingerprint density at radius 2 is 1.74 bits per heavy atom. The van der Waals surface area contributed by atoms with E-state index in [2.05, 4.69) is 25.0 Å². The average molecular weight is 482 g/mol. The molecule has 2 heterocycles. The van der Waals surface area contributed by atoms with Crippen LogP contribution in [-0.4, -0.2) is 44.6 Å². The van der Waals surface area contributed by atoms with Gasteiger partial charge in [-0.1, -0.05) is 18.5 Å². The Morgan fingerprint density at radius 3 is 2.39 bits per heavy atom. The van der Waals surface area contributed by atoms with Gasteiger partial charge in [0, 0.05) is 24.4 Å². The quantitative estimate of drug-likeness (QED) is 0.501. The third-order valence-electron chi connectivity index (χ3n) is 4.38. The van der Waals surface area contributed by atoms with Crippen LogP contribution in [0.4, 0.5) is 11.5 Å². The molecule has 0 saturated carbocycles. The van der Waals surface area contributed by atoms with Gasteiger partial charge in [-0.15, -0.1) is 0 Å². The molecule has 0 fully saturated rings. The van der Waals surface area contributed by atoms with Gasteiger partial charge < -0.3 is 5.32 Å². The fourth-order valence-electron chi connectivity index (χ4n) is 2.72. The molecule has 0 aliphatic carbocycles. The number of halogens is 1. The summed E-state index contributed by atoms with van der Waals surface area (Å²) in [7, 11) is -6.12. The minimum Gasteiger partial charge on any atom is -0.339 e. The van der Waals surface area contributed by atoms with Gasteiger partial charge in [0.1, 0.15) is 12.1 Å². The predicted octanol–water partition coefficient (Wildman–Crippen LogP) is 2.56. The van der Waals surface area contributed by atoms with Crippen molar-refractivity contribution in [3.05, 3.63) is 65.3 Å². The molecule has 9 nitrogen and oxygen atoms in total. The summed E-state index contributed by atoms with van der Waals surface area (Å²) < 4.78 is 51.6. The Kier molecular flexibility index (Phi) is 6.90. The van der Waals surface area contributed by atoms with Gasteiger partial charge in [-0.05, 0) is 37.4 Å². The van der Waals surface area contributed by atoms with Gasteiger partial charge in [0.05, 0.1) is 31.9 Å². The first-order chi connectivity index (χ1) is 14.6. The number of nitrogens with zero attached hydrogens (tertiary/aromatic N) is 3. The Bertz CT molecular complexity index is 1300. The molecule has 3 rings (SSSR count).